The molecule has 0 bridgehead atoms. The van der Waals surface area contributed by atoms with Crippen molar-refractivity contribution in [1.29, 1.82) is 0 Å². The molecule has 0 saturated carbocycles. The highest BCUT2D eigenvalue weighted by molar-refractivity contribution is 6.16. The van der Waals surface area contributed by atoms with Crippen molar-refractivity contribution in [3.8, 4) is 0 Å². The van der Waals surface area contributed by atoms with E-state index in [9.17, 15) is 4.79 Å². The molecule has 0 unspecified atom stereocenters. The fourth-order valence-electron chi connectivity index (χ4n) is 3.26. The van der Waals surface area contributed by atoms with Gasteiger partial charge in [-0.3, -0.25) is 4.79 Å². The Labute approximate surface area is 159 Å². The van der Waals surface area contributed by atoms with Crippen LogP contribution in [0.15, 0.2) is 78.9 Å². The summed E-state index contributed by atoms with van der Waals surface area (Å²) in [5, 5.41) is 0. The van der Waals surface area contributed by atoms with E-state index < -0.39 is 0 Å². The summed E-state index contributed by atoms with van der Waals surface area (Å²) < 4.78 is 0. The van der Waals surface area contributed by atoms with E-state index in [2.05, 4.69) is 17.9 Å². The molecular formula is C24H20N2O. The Kier molecular flexibility index (Phi) is 4.98. The second kappa shape index (κ2) is 7.36. The Bertz CT molecular complexity index is 1090. The van der Waals surface area contributed by atoms with Crippen LogP contribution in [-0.2, 0) is 0 Å². The number of Topliss-reactive ketones (excluding diaryl/α,β-unsaturated/α-hetero) is 1. The van der Waals surface area contributed by atoms with Crippen LogP contribution >= 0.6 is 0 Å². The molecule has 2 aromatic rings. The second-order valence-electron chi connectivity index (χ2n) is 6.57. The van der Waals surface area contributed by atoms with Crippen LogP contribution in [0.1, 0.15) is 39.5 Å². The lowest BCUT2D eigenvalue weighted by Crippen LogP contribution is -2.10. The van der Waals surface area contributed by atoms with Gasteiger partial charge in [-0.25, -0.2) is 0 Å². The maximum absolute atomic E-state index is 11.6. The number of carbonyl (C=O) groups is 1. The first-order valence-electron chi connectivity index (χ1n) is 8.64. The summed E-state index contributed by atoms with van der Waals surface area (Å²) in [6.45, 7) is 11.6. The fraction of sp³-hybridized carbons (Fsp3) is 0.0833. The van der Waals surface area contributed by atoms with Crippen LogP contribution in [0.25, 0.3) is 17.2 Å². The van der Waals surface area contributed by atoms with E-state index in [1.165, 1.54) is 5.56 Å². The summed E-state index contributed by atoms with van der Waals surface area (Å²) >= 11 is 0. The zero-order valence-corrected chi connectivity index (χ0v) is 15.5. The van der Waals surface area contributed by atoms with E-state index in [0.717, 1.165) is 33.4 Å². The molecular weight excluding hydrogens is 332 g/mol. The highest BCUT2D eigenvalue weighted by Crippen LogP contribution is 2.27. The molecule has 2 aliphatic carbocycles. The van der Waals surface area contributed by atoms with Crippen molar-refractivity contribution in [3.63, 3.8) is 0 Å². The molecule has 0 atom stereocenters. The summed E-state index contributed by atoms with van der Waals surface area (Å²) in [5.74, 6) is 0.0428. The number of rotatable bonds is 0. The number of ketones is 1. The van der Waals surface area contributed by atoms with Gasteiger partial charge < -0.3 is 5.53 Å². The lowest BCUT2D eigenvalue weighted by atomic mass is 9.88. The predicted octanol–water partition coefficient (Wildman–Crippen LogP) is 5.44. The van der Waals surface area contributed by atoms with Gasteiger partial charge in [-0.2, -0.15) is 4.79 Å². The smallest absolute Gasteiger partial charge is 0.329 e. The summed E-state index contributed by atoms with van der Waals surface area (Å²) in [7, 11) is 0. The Morgan fingerprint density at radius 3 is 2.22 bits per heavy atom. The normalized spacial score (nSPS) is 14.5. The minimum absolute atomic E-state index is 0.0428. The molecule has 27 heavy (non-hydrogen) atoms. The molecule has 2 aromatic carbocycles. The molecule has 0 radical (unpaired) electrons. The van der Waals surface area contributed by atoms with E-state index in [4.69, 9.17) is 5.53 Å². The average Bonchev–Trinajstić information content (AvgIpc) is 2.67. The number of aryl methyl sites for hydroxylation is 1. The van der Waals surface area contributed by atoms with Gasteiger partial charge in [0.1, 0.15) is 0 Å². The van der Waals surface area contributed by atoms with Gasteiger partial charge in [0, 0.05) is 11.1 Å². The van der Waals surface area contributed by atoms with Crippen LogP contribution in [0.4, 0.5) is 0 Å². The van der Waals surface area contributed by atoms with Gasteiger partial charge in [-0.15, -0.1) is 0 Å². The third kappa shape index (κ3) is 3.41. The standard InChI is InChI=1S/C12H10N2.C12H10O/c1-8-4-3-5-11-10(8)7-6-9(2)12(11)14-13;1-8-7-9(2)12(13)11-6-4-3-5-10(8)11/h3-7H,2H2,1H3;3-7H,2H2,1H3. The molecule has 0 fully saturated rings. The first-order valence-corrected chi connectivity index (χ1v) is 8.64. The number of hydrogen-bond acceptors (Lipinski definition) is 1. The lowest BCUT2D eigenvalue weighted by Gasteiger charge is -2.14. The summed E-state index contributed by atoms with van der Waals surface area (Å²) in [6, 6.07) is 13.6. The van der Waals surface area contributed by atoms with Crippen LogP contribution < -0.4 is 0 Å². The molecule has 0 N–H and O–H groups in total. The van der Waals surface area contributed by atoms with Crippen LogP contribution in [-0.4, -0.2) is 16.3 Å². The Hall–Kier alpha value is -3.55. The van der Waals surface area contributed by atoms with E-state index >= 15 is 0 Å². The molecule has 3 nitrogen and oxygen atoms in total. The largest absolute Gasteiger partial charge is 0.361 e. The summed E-state index contributed by atoms with van der Waals surface area (Å²) in [6.07, 6.45) is 5.71. The third-order valence-electron chi connectivity index (χ3n) is 4.71. The maximum atomic E-state index is 11.6. The monoisotopic (exact) mass is 352 g/mol. The molecule has 2 aliphatic rings. The molecule has 132 valence electrons. The van der Waals surface area contributed by atoms with Gasteiger partial charge in [-0.1, -0.05) is 55.6 Å². The summed E-state index contributed by atoms with van der Waals surface area (Å²) in [4.78, 5) is 14.9. The zero-order valence-electron chi connectivity index (χ0n) is 15.5. The van der Waals surface area contributed by atoms with Crippen LogP contribution in [0.5, 0.6) is 0 Å². The number of hydrogen-bond donors (Lipinski definition) is 0. The van der Waals surface area contributed by atoms with Crippen molar-refractivity contribution in [1.82, 2.24) is 0 Å². The number of benzene rings is 2. The SMILES string of the molecule is C=C1C=C(C)c2ccccc2C1=O.C=C1C=Cc2c(C)cccc2C1=[N+]=[N-]. The molecule has 0 spiro atoms. The van der Waals surface area contributed by atoms with E-state index in [1.54, 1.807) is 0 Å². The van der Waals surface area contributed by atoms with Crippen molar-refractivity contribution >= 4 is 23.1 Å². The average molecular weight is 352 g/mol. The van der Waals surface area contributed by atoms with Crippen LogP contribution in [0.3, 0.4) is 0 Å². The van der Waals surface area contributed by atoms with E-state index in [-0.39, 0.29) is 5.78 Å². The first-order chi connectivity index (χ1) is 12.9. The van der Waals surface area contributed by atoms with Gasteiger partial charge in [0.2, 0.25) is 0 Å². The topological polar surface area (TPSA) is 53.5 Å². The van der Waals surface area contributed by atoms with Crippen LogP contribution in [0, 0.1) is 6.92 Å². The lowest BCUT2D eigenvalue weighted by molar-refractivity contribution is -0.00289. The van der Waals surface area contributed by atoms with Gasteiger partial charge in [0.05, 0.1) is 11.1 Å². The van der Waals surface area contributed by atoms with Crippen molar-refractivity contribution in [3.05, 3.63) is 112 Å². The minimum Gasteiger partial charge on any atom is -0.361 e. The zero-order chi connectivity index (χ0) is 19.6. The molecule has 3 heteroatoms. The van der Waals surface area contributed by atoms with Crippen molar-refractivity contribution in [2.75, 3.05) is 0 Å². The van der Waals surface area contributed by atoms with Gasteiger partial charge in [0.25, 0.3) is 0 Å². The second-order valence-corrected chi connectivity index (χ2v) is 6.57. The number of allylic oxidation sites excluding steroid dienone is 5. The molecule has 0 heterocycles. The van der Waals surface area contributed by atoms with Gasteiger partial charge in [0.15, 0.2) is 5.78 Å². The van der Waals surface area contributed by atoms with Crippen molar-refractivity contribution < 1.29 is 9.58 Å². The number of nitrogens with zero attached hydrogens (tertiary/aromatic N) is 2. The number of carbonyl (C=O) groups excluding carboxylic acids is 1. The van der Waals surface area contributed by atoms with E-state index in [0.29, 0.717) is 11.3 Å². The van der Waals surface area contributed by atoms with Crippen LogP contribution in [0.2, 0.25) is 0 Å². The maximum Gasteiger partial charge on any atom is 0.329 e. The summed E-state index contributed by atoms with van der Waals surface area (Å²) in [5.41, 5.74) is 16.9. The van der Waals surface area contributed by atoms with Crippen molar-refractivity contribution in [2.45, 2.75) is 13.8 Å². The Morgan fingerprint density at radius 1 is 0.852 bits per heavy atom. The minimum atomic E-state index is 0.0428. The predicted molar refractivity (Wildman–Crippen MR) is 111 cm³/mol. The quantitative estimate of drug-likeness (QED) is 0.354. The molecule has 0 saturated heterocycles. The Balaban J connectivity index is 0.000000156. The highest BCUT2D eigenvalue weighted by atomic mass is 16.1. The Morgan fingerprint density at radius 2 is 1.52 bits per heavy atom. The van der Waals surface area contributed by atoms with E-state index in [1.807, 2.05) is 74.5 Å². The first kappa shape index (κ1) is 18.2. The molecule has 0 amide bonds. The van der Waals surface area contributed by atoms with Gasteiger partial charge in [-0.05, 0) is 54.3 Å². The van der Waals surface area contributed by atoms with Crippen molar-refractivity contribution in [2.24, 2.45) is 0 Å². The third-order valence-corrected chi connectivity index (χ3v) is 4.71. The molecule has 0 aliphatic heterocycles. The fourth-order valence-corrected chi connectivity index (χ4v) is 3.26. The number of fused-ring (bicyclic) bond motifs is 2. The van der Waals surface area contributed by atoms with Gasteiger partial charge >= 0.3 is 5.71 Å². The molecule has 4 rings (SSSR count). The molecule has 0 aromatic heterocycles. The highest BCUT2D eigenvalue weighted by Gasteiger charge is 2.22.